The maximum Gasteiger partial charge on any atom is 0.0988 e. The maximum absolute atomic E-state index is 5.49. The topological polar surface area (TPSA) is 38.4 Å². The third-order valence-corrected chi connectivity index (χ3v) is 0.969. The van der Waals surface area contributed by atoms with E-state index in [1.165, 1.54) is 0 Å². The fraction of sp³-hybridized carbons (Fsp3) is 0.375. The summed E-state index contributed by atoms with van der Waals surface area (Å²) in [4.78, 5) is 3.95. The second-order valence-corrected chi connectivity index (χ2v) is 1.95. The minimum absolute atomic E-state index is 0.681. The van der Waals surface area contributed by atoms with E-state index in [-0.39, 0.29) is 0 Å². The summed E-state index contributed by atoms with van der Waals surface area (Å²) < 4.78 is 0. The van der Waals surface area contributed by atoms with Crippen molar-refractivity contribution in [2.24, 2.45) is 10.7 Å². The molecule has 0 heterocycles. The second-order valence-electron chi connectivity index (χ2n) is 1.95. The number of rotatable bonds is 4. The fourth-order valence-corrected chi connectivity index (χ4v) is 0.520. The zero-order chi connectivity index (χ0) is 7.82. The van der Waals surface area contributed by atoms with Gasteiger partial charge < -0.3 is 5.73 Å². The lowest BCUT2D eigenvalue weighted by atomic mass is 10.3. The minimum atomic E-state index is 0.681. The van der Waals surface area contributed by atoms with Gasteiger partial charge in [-0.2, -0.15) is 0 Å². The molecule has 0 aliphatic rings. The SMILES string of the molecule is C=C/C=C\N=C(N)CCC. The van der Waals surface area contributed by atoms with Gasteiger partial charge in [-0.25, -0.2) is 4.99 Å². The van der Waals surface area contributed by atoms with Gasteiger partial charge in [0, 0.05) is 12.6 Å². The van der Waals surface area contributed by atoms with Gasteiger partial charge in [-0.3, -0.25) is 0 Å². The summed E-state index contributed by atoms with van der Waals surface area (Å²) in [6.07, 6.45) is 6.97. The summed E-state index contributed by atoms with van der Waals surface area (Å²) in [6.45, 7) is 5.58. The van der Waals surface area contributed by atoms with Crippen LogP contribution in [0.3, 0.4) is 0 Å². The molecule has 0 aliphatic carbocycles. The molecule has 0 atom stereocenters. The molecule has 0 fully saturated rings. The molecule has 2 N–H and O–H groups in total. The van der Waals surface area contributed by atoms with E-state index in [9.17, 15) is 0 Å². The van der Waals surface area contributed by atoms with Gasteiger partial charge in [-0.05, 0) is 12.5 Å². The molecule has 0 saturated heterocycles. The van der Waals surface area contributed by atoms with Crippen molar-refractivity contribution in [3.63, 3.8) is 0 Å². The summed E-state index contributed by atoms with van der Waals surface area (Å²) >= 11 is 0. The number of hydrogen-bond donors (Lipinski definition) is 1. The summed E-state index contributed by atoms with van der Waals surface area (Å²) in [5.41, 5.74) is 5.49. The van der Waals surface area contributed by atoms with Crippen molar-refractivity contribution in [2.75, 3.05) is 0 Å². The number of amidine groups is 1. The molecule has 0 aromatic rings. The van der Waals surface area contributed by atoms with Gasteiger partial charge in [0.05, 0.1) is 5.84 Å². The van der Waals surface area contributed by atoms with Crippen LogP contribution in [0.1, 0.15) is 19.8 Å². The average Bonchev–Trinajstić information content (AvgIpc) is 1.89. The van der Waals surface area contributed by atoms with E-state index in [2.05, 4.69) is 18.5 Å². The van der Waals surface area contributed by atoms with Gasteiger partial charge in [-0.1, -0.05) is 19.6 Å². The van der Waals surface area contributed by atoms with Crippen molar-refractivity contribution >= 4 is 5.84 Å². The van der Waals surface area contributed by atoms with Crippen LogP contribution < -0.4 is 5.73 Å². The van der Waals surface area contributed by atoms with Crippen LogP contribution in [0.4, 0.5) is 0 Å². The highest BCUT2D eigenvalue weighted by Crippen LogP contribution is 1.87. The van der Waals surface area contributed by atoms with Crippen molar-refractivity contribution in [1.29, 1.82) is 0 Å². The summed E-state index contributed by atoms with van der Waals surface area (Å²) in [5.74, 6) is 0.681. The Kier molecular flexibility index (Phi) is 5.44. The van der Waals surface area contributed by atoms with Gasteiger partial charge in [0.25, 0.3) is 0 Å². The fourth-order valence-electron chi connectivity index (χ4n) is 0.520. The molecular formula is C8H14N2. The Morgan fingerprint density at radius 2 is 2.40 bits per heavy atom. The molecule has 0 unspecified atom stereocenters. The summed E-state index contributed by atoms with van der Waals surface area (Å²) in [6, 6.07) is 0. The van der Waals surface area contributed by atoms with Crippen molar-refractivity contribution in [2.45, 2.75) is 19.8 Å². The van der Waals surface area contributed by atoms with E-state index in [0.29, 0.717) is 5.84 Å². The van der Waals surface area contributed by atoms with Crippen LogP contribution in [0.2, 0.25) is 0 Å². The Hall–Kier alpha value is -1.05. The van der Waals surface area contributed by atoms with Crippen LogP contribution in [0.5, 0.6) is 0 Å². The summed E-state index contributed by atoms with van der Waals surface area (Å²) in [5, 5.41) is 0. The van der Waals surface area contributed by atoms with Gasteiger partial charge >= 0.3 is 0 Å². The molecule has 0 saturated carbocycles. The first-order valence-corrected chi connectivity index (χ1v) is 3.41. The number of hydrogen-bond acceptors (Lipinski definition) is 1. The molecule has 0 aromatic heterocycles. The third kappa shape index (κ3) is 5.09. The molecule has 0 amide bonds. The molecule has 0 aliphatic heterocycles. The van der Waals surface area contributed by atoms with Gasteiger partial charge in [0.15, 0.2) is 0 Å². The first-order valence-electron chi connectivity index (χ1n) is 3.41. The van der Waals surface area contributed by atoms with Crippen molar-refractivity contribution < 1.29 is 0 Å². The van der Waals surface area contributed by atoms with E-state index < -0.39 is 0 Å². The molecule has 56 valence electrons. The van der Waals surface area contributed by atoms with E-state index >= 15 is 0 Å². The first kappa shape index (κ1) is 8.95. The number of allylic oxidation sites excluding steroid dienone is 2. The molecule has 10 heavy (non-hydrogen) atoms. The molecule has 0 aromatic carbocycles. The normalized spacial score (nSPS) is 12.3. The highest BCUT2D eigenvalue weighted by atomic mass is 14.8. The van der Waals surface area contributed by atoms with Crippen LogP contribution in [0.25, 0.3) is 0 Å². The minimum Gasteiger partial charge on any atom is -0.387 e. The monoisotopic (exact) mass is 138 g/mol. The second kappa shape index (κ2) is 6.08. The molecular weight excluding hydrogens is 124 g/mol. The largest absolute Gasteiger partial charge is 0.387 e. The molecule has 0 rings (SSSR count). The quantitative estimate of drug-likeness (QED) is 0.359. The number of aliphatic imine (C=N–C) groups is 1. The van der Waals surface area contributed by atoms with Crippen LogP contribution in [0, 0.1) is 0 Å². The third-order valence-electron chi connectivity index (χ3n) is 0.969. The van der Waals surface area contributed by atoms with Crippen LogP contribution >= 0.6 is 0 Å². The number of nitrogens with zero attached hydrogens (tertiary/aromatic N) is 1. The highest BCUT2D eigenvalue weighted by molar-refractivity contribution is 5.80. The van der Waals surface area contributed by atoms with Crippen LogP contribution in [-0.2, 0) is 0 Å². The van der Waals surface area contributed by atoms with Gasteiger partial charge in [-0.15, -0.1) is 0 Å². The molecule has 0 radical (unpaired) electrons. The molecule has 2 heteroatoms. The Morgan fingerprint density at radius 3 is 2.90 bits per heavy atom. The highest BCUT2D eigenvalue weighted by Gasteiger charge is 1.84. The van der Waals surface area contributed by atoms with E-state index in [1.54, 1.807) is 18.4 Å². The average molecular weight is 138 g/mol. The Balaban J connectivity index is 3.67. The number of nitrogens with two attached hydrogens (primary N) is 1. The molecule has 0 bridgehead atoms. The van der Waals surface area contributed by atoms with E-state index in [0.717, 1.165) is 12.8 Å². The van der Waals surface area contributed by atoms with E-state index in [4.69, 9.17) is 5.73 Å². The van der Waals surface area contributed by atoms with Crippen molar-refractivity contribution in [3.8, 4) is 0 Å². The van der Waals surface area contributed by atoms with Crippen LogP contribution in [-0.4, -0.2) is 5.84 Å². The Morgan fingerprint density at radius 1 is 1.70 bits per heavy atom. The van der Waals surface area contributed by atoms with Crippen LogP contribution in [0.15, 0.2) is 29.9 Å². The lowest BCUT2D eigenvalue weighted by Gasteiger charge is -1.91. The standard InChI is InChI=1S/C8H14N2/c1-3-5-7-10-8(9)6-4-2/h3,5,7H,1,4,6H2,2H3,(H2,9,10)/b7-5-. The van der Waals surface area contributed by atoms with Crippen molar-refractivity contribution in [1.82, 2.24) is 0 Å². The Labute approximate surface area is 62.1 Å². The van der Waals surface area contributed by atoms with Crippen molar-refractivity contribution in [3.05, 3.63) is 24.9 Å². The maximum atomic E-state index is 5.49. The zero-order valence-electron chi connectivity index (χ0n) is 6.38. The lowest BCUT2D eigenvalue weighted by molar-refractivity contribution is 0.983. The molecule has 0 spiro atoms. The predicted octanol–water partition coefficient (Wildman–Crippen LogP) is 1.84. The summed E-state index contributed by atoms with van der Waals surface area (Å²) in [7, 11) is 0. The lowest BCUT2D eigenvalue weighted by Crippen LogP contribution is -2.09. The predicted molar refractivity (Wildman–Crippen MR) is 45.9 cm³/mol. The first-order chi connectivity index (χ1) is 4.81. The smallest absolute Gasteiger partial charge is 0.0988 e. The molecule has 2 nitrogen and oxygen atoms in total. The van der Waals surface area contributed by atoms with Gasteiger partial charge in [0.2, 0.25) is 0 Å². The Bertz CT molecular complexity index is 145. The zero-order valence-corrected chi connectivity index (χ0v) is 6.38. The van der Waals surface area contributed by atoms with E-state index in [1.807, 2.05) is 0 Å². The van der Waals surface area contributed by atoms with Gasteiger partial charge in [0.1, 0.15) is 0 Å².